The normalized spacial score (nSPS) is 22.5. The summed E-state index contributed by atoms with van der Waals surface area (Å²) in [5, 5.41) is 6.79. The topological polar surface area (TPSA) is 58.8 Å². The van der Waals surface area contributed by atoms with Gasteiger partial charge in [-0.05, 0) is 38.8 Å². The summed E-state index contributed by atoms with van der Waals surface area (Å²) >= 11 is 0. The monoisotopic (exact) mass is 407 g/mol. The third kappa shape index (κ3) is 6.69. The Bertz CT molecular complexity index is 409. The van der Waals surface area contributed by atoms with Crippen LogP contribution in [0.4, 0.5) is 0 Å². The SMILES string of the molecule is CCNC(=NCCc1ccco1)NC1CCOC(C)C1.I. The highest BCUT2D eigenvalue weighted by Crippen LogP contribution is 2.12. The van der Waals surface area contributed by atoms with E-state index in [1.54, 1.807) is 6.26 Å². The molecule has 0 amide bonds. The Balaban J connectivity index is 0.00000220. The lowest BCUT2D eigenvalue weighted by molar-refractivity contribution is 0.0165. The van der Waals surface area contributed by atoms with Crippen LogP contribution in [0.1, 0.15) is 32.4 Å². The van der Waals surface area contributed by atoms with Gasteiger partial charge in [0.15, 0.2) is 5.96 Å². The molecule has 0 bridgehead atoms. The molecule has 2 N–H and O–H groups in total. The molecule has 1 aromatic rings. The molecule has 0 spiro atoms. The van der Waals surface area contributed by atoms with Crippen molar-refractivity contribution in [2.45, 2.75) is 45.3 Å². The van der Waals surface area contributed by atoms with Gasteiger partial charge in [-0.25, -0.2) is 0 Å². The minimum absolute atomic E-state index is 0. The Kier molecular flexibility index (Phi) is 8.75. The van der Waals surface area contributed by atoms with Crippen LogP contribution in [0.2, 0.25) is 0 Å². The third-order valence-corrected chi connectivity index (χ3v) is 3.38. The fraction of sp³-hybridized carbons (Fsp3) is 0.667. The molecule has 1 aliphatic heterocycles. The Morgan fingerprint density at radius 1 is 1.48 bits per heavy atom. The van der Waals surface area contributed by atoms with E-state index in [-0.39, 0.29) is 24.0 Å². The minimum atomic E-state index is 0. The quantitative estimate of drug-likeness (QED) is 0.448. The Morgan fingerprint density at radius 2 is 2.33 bits per heavy atom. The molecule has 1 saturated heterocycles. The highest BCUT2D eigenvalue weighted by molar-refractivity contribution is 14.0. The fourth-order valence-electron chi connectivity index (χ4n) is 2.38. The molecule has 2 rings (SSSR count). The molecule has 5 nitrogen and oxygen atoms in total. The first-order chi connectivity index (χ1) is 9.78. The van der Waals surface area contributed by atoms with Gasteiger partial charge in [0, 0.05) is 32.2 Å². The summed E-state index contributed by atoms with van der Waals surface area (Å²) in [5.41, 5.74) is 0. The summed E-state index contributed by atoms with van der Waals surface area (Å²) in [4.78, 5) is 4.60. The van der Waals surface area contributed by atoms with E-state index in [1.807, 2.05) is 12.1 Å². The maximum Gasteiger partial charge on any atom is 0.191 e. The number of rotatable bonds is 5. The molecule has 21 heavy (non-hydrogen) atoms. The molecular weight excluding hydrogens is 381 g/mol. The van der Waals surface area contributed by atoms with Crippen molar-refractivity contribution in [1.82, 2.24) is 10.6 Å². The maximum absolute atomic E-state index is 5.57. The van der Waals surface area contributed by atoms with Crippen LogP contribution in [-0.4, -0.2) is 37.8 Å². The summed E-state index contributed by atoms with van der Waals surface area (Å²) in [7, 11) is 0. The number of aliphatic imine (C=N–C) groups is 1. The first-order valence-electron chi connectivity index (χ1n) is 7.46. The summed E-state index contributed by atoms with van der Waals surface area (Å²) in [6.07, 6.45) is 4.92. The Labute approximate surface area is 143 Å². The van der Waals surface area contributed by atoms with Crippen LogP contribution in [0, 0.1) is 0 Å². The van der Waals surface area contributed by atoms with E-state index in [1.165, 1.54) is 0 Å². The molecule has 1 aromatic heterocycles. The first-order valence-corrected chi connectivity index (χ1v) is 7.46. The zero-order chi connectivity index (χ0) is 14.2. The highest BCUT2D eigenvalue weighted by Gasteiger charge is 2.19. The lowest BCUT2D eigenvalue weighted by Crippen LogP contribution is -2.47. The lowest BCUT2D eigenvalue weighted by atomic mass is 10.0. The number of ether oxygens (including phenoxy) is 1. The Morgan fingerprint density at radius 3 is 3.00 bits per heavy atom. The molecule has 120 valence electrons. The second-order valence-corrected chi connectivity index (χ2v) is 5.14. The second-order valence-electron chi connectivity index (χ2n) is 5.14. The summed E-state index contributed by atoms with van der Waals surface area (Å²) < 4.78 is 10.9. The number of hydrogen-bond acceptors (Lipinski definition) is 3. The zero-order valence-corrected chi connectivity index (χ0v) is 15.1. The van der Waals surface area contributed by atoms with E-state index >= 15 is 0 Å². The van der Waals surface area contributed by atoms with Crippen molar-refractivity contribution in [3.05, 3.63) is 24.2 Å². The van der Waals surface area contributed by atoms with Crippen molar-refractivity contribution in [3.8, 4) is 0 Å². The van der Waals surface area contributed by atoms with E-state index in [2.05, 4.69) is 29.5 Å². The lowest BCUT2D eigenvalue weighted by Gasteiger charge is -2.29. The first kappa shape index (κ1) is 18.3. The largest absolute Gasteiger partial charge is 0.469 e. The van der Waals surface area contributed by atoms with E-state index in [9.17, 15) is 0 Å². The molecule has 1 aliphatic rings. The number of nitrogens with one attached hydrogen (secondary N) is 2. The molecule has 0 aliphatic carbocycles. The van der Waals surface area contributed by atoms with Crippen molar-refractivity contribution in [2.24, 2.45) is 4.99 Å². The predicted molar refractivity (Wildman–Crippen MR) is 95.4 cm³/mol. The number of nitrogens with zero attached hydrogens (tertiary/aromatic N) is 1. The smallest absolute Gasteiger partial charge is 0.191 e. The van der Waals surface area contributed by atoms with Crippen molar-refractivity contribution in [3.63, 3.8) is 0 Å². The Hall–Kier alpha value is -0.760. The average molecular weight is 407 g/mol. The van der Waals surface area contributed by atoms with Gasteiger partial charge in [-0.1, -0.05) is 0 Å². The molecule has 1 fully saturated rings. The highest BCUT2D eigenvalue weighted by atomic mass is 127. The van der Waals surface area contributed by atoms with Crippen molar-refractivity contribution in [2.75, 3.05) is 19.7 Å². The predicted octanol–water partition coefficient (Wildman–Crippen LogP) is 2.56. The molecule has 0 radical (unpaired) electrons. The van der Waals surface area contributed by atoms with Gasteiger partial charge >= 0.3 is 0 Å². The van der Waals surface area contributed by atoms with Crippen LogP contribution in [-0.2, 0) is 11.2 Å². The third-order valence-electron chi connectivity index (χ3n) is 3.38. The zero-order valence-electron chi connectivity index (χ0n) is 12.8. The molecule has 0 aromatic carbocycles. The molecule has 2 atom stereocenters. The summed E-state index contributed by atoms with van der Waals surface area (Å²) in [6.45, 7) is 6.61. The number of furan rings is 1. The van der Waals surface area contributed by atoms with Crippen LogP contribution in [0.5, 0.6) is 0 Å². The summed E-state index contributed by atoms with van der Waals surface area (Å²) in [6, 6.07) is 4.34. The van der Waals surface area contributed by atoms with Gasteiger partial charge in [0.1, 0.15) is 5.76 Å². The van der Waals surface area contributed by atoms with E-state index < -0.39 is 0 Å². The molecular formula is C15H26IN3O2. The van der Waals surface area contributed by atoms with E-state index in [0.717, 1.165) is 50.7 Å². The number of hydrogen-bond donors (Lipinski definition) is 2. The van der Waals surface area contributed by atoms with Gasteiger partial charge in [-0.15, -0.1) is 24.0 Å². The van der Waals surface area contributed by atoms with Crippen molar-refractivity contribution < 1.29 is 9.15 Å². The van der Waals surface area contributed by atoms with E-state index in [4.69, 9.17) is 9.15 Å². The van der Waals surface area contributed by atoms with Crippen LogP contribution in [0.25, 0.3) is 0 Å². The number of halogens is 1. The van der Waals surface area contributed by atoms with Crippen LogP contribution in [0.3, 0.4) is 0 Å². The van der Waals surface area contributed by atoms with Crippen molar-refractivity contribution in [1.29, 1.82) is 0 Å². The van der Waals surface area contributed by atoms with Crippen LogP contribution < -0.4 is 10.6 Å². The number of guanidine groups is 1. The minimum Gasteiger partial charge on any atom is -0.469 e. The molecule has 2 heterocycles. The van der Waals surface area contributed by atoms with Gasteiger partial charge in [-0.3, -0.25) is 4.99 Å². The standard InChI is InChI=1S/C15H25N3O2.HI/c1-3-16-15(17-8-6-14-5-4-9-20-14)18-13-7-10-19-12(2)11-13;/h4-5,9,12-13H,3,6-8,10-11H2,1-2H3,(H2,16,17,18);1H. The van der Waals surface area contributed by atoms with Crippen LogP contribution in [0.15, 0.2) is 27.8 Å². The van der Waals surface area contributed by atoms with Gasteiger partial charge in [-0.2, -0.15) is 0 Å². The average Bonchev–Trinajstić information content (AvgIpc) is 2.92. The summed E-state index contributed by atoms with van der Waals surface area (Å²) in [5.74, 6) is 1.86. The van der Waals surface area contributed by atoms with Gasteiger partial charge in [0.05, 0.1) is 12.4 Å². The van der Waals surface area contributed by atoms with Gasteiger partial charge < -0.3 is 19.8 Å². The molecule has 6 heteroatoms. The van der Waals surface area contributed by atoms with Gasteiger partial charge in [0.2, 0.25) is 0 Å². The van der Waals surface area contributed by atoms with Gasteiger partial charge in [0.25, 0.3) is 0 Å². The molecule has 0 saturated carbocycles. The van der Waals surface area contributed by atoms with Crippen LogP contribution >= 0.6 is 24.0 Å². The molecule has 2 unspecified atom stereocenters. The fourth-order valence-corrected chi connectivity index (χ4v) is 2.38. The van der Waals surface area contributed by atoms with E-state index in [0.29, 0.717) is 12.1 Å². The second kappa shape index (κ2) is 10.0. The van der Waals surface area contributed by atoms with Crippen molar-refractivity contribution >= 4 is 29.9 Å². The maximum atomic E-state index is 5.57.